The van der Waals surface area contributed by atoms with Crippen molar-refractivity contribution in [2.24, 2.45) is 11.7 Å². The zero-order chi connectivity index (χ0) is 16.6. The summed E-state index contributed by atoms with van der Waals surface area (Å²) >= 11 is 0. The lowest BCUT2D eigenvalue weighted by atomic mass is 9.95. The number of aromatic nitrogens is 2. The van der Waals surface area contributed by atoms with Crippen molar-refractivity contribution in [2.75, 3.05) is 6.54 Å². The SMILES string of the molecule is Cc1ccccc1-n1ncc(C(=O)NC(C)(CN)C2CC2)c1C. The van der Waals surface area contributed by atoms with Crippen molar-refractivity contribution in [1.29, 1.82) is 0 Å². The quantitative estimate of drug-likeness (QED) is 0.890. The van der Waals surface area contributed by atoms with E-state index in [1.165, 1.54) is 0 Å². The molecular weight excluding hydrogens is 288 g/mol. The second-order valence-electron chi connectivity index (χ2n) is 6.69. The second-order valence-corrected chi connectivity index (χ2v) is 6.69. The van der Waals surface area contributed by atoms with Gasteiger partial charge in [0.15, 0.2) is 0 Å². The zero-order valence-electron chi connectivity index (χ0n) is 14.0. The number of aryl methyl sites for hydroxylation is 1. The first-order valence-electron chi connectivity index (χ1n) is 8.09. The van der Waals surface area contributed by atoms with Crippen LogP contribution in [0, 0.1) is 19.8 Å². The van der Waals surface area contributed by atoms with Crippen molar-refractivity contribution in [3.63, 3.8) is 0 Å². The normalized spacial score (nSPS) is 16.9. The molecule has 1 aliphatic carbocycles. The van der Waals surface area contributed by atoms with Gasteiger partial charge in [-0.25, -0.2) is 4.68 Å². The third kappa shape index (κ3) is 2.88. The van der Waals surface area contributed by atoms with Crippen LogP contribution in [0.1, 0.15) is 41.4 Å². The standard InChI is InChI=1S/C18H24N4O/c1-12-6-4-5-7-16(12)22-13(2)15(10-20-22)17(23)21-18(3,11-19)14-8-9-14/h4-7,10,14H,8-9,11,19H2,1-3H3,(H,21,23). The van der Waals surface area contributed by atoms with E-state index in [0.717, 1.165) is 29.8 Å². The molecule has 0 saturated heterocycles. The highest BCUT2D eigenvalue weighted by Crippen LogP contribution is 2.39. The Morgan fingerprint density at radius 1 is 1.39 bits per heavy atom. The minimum Gasteiger partial charge on any atom is -0.345 e. The van der Waals surface area contributed by atoms with Gasteiger partial charge in [-0.1, -0.05) is 18.2 Å². The van der Waals surface area contributed by atoms with E-state index in [9.17, 15) is 4.79 Å². The minimum absolute atomic E-state index is 0.0952. The molecule has 5 heteroatoms. The molecule has 1 unspecified atom stereocenters. The highest BCUT2D eigenvalue weighted by atomic mass is 16.1. The van der Waals surface area contributed by atoms with Crippen LogP contribution < -0.4 is 11.1 Å². The molecule has 1 amide bonds. The highest BCUT2D eigenvalue weighted by Gasteiger charge is 2.42. The number of hydrogen-bond donors (Lipinski definition) is 2. The maximum Gasteiger partial charge on any atom is 0.255 e. The number of benzene rings is 1. The highest BCUT2D eigenvalue weighted by molar-refractivity contribution is 5.95. The van der Waals surface area contributed by atoms with Crippen LogP contribution in [0.3, 0.4) is 0 Å². The Kier molecular flexibility index (Phi) is 3.98. The summed E-state index contributed by atoms with van der Waals surface area (Å²) in [7, 11) is 0. The van der Waals surface area contributed by atoms with Crippen LogP contribution >= 0.6 is 0 Å². The summed E-state index contributed by atoms with van der Waals surface area (Å²) in [4.78, 5) is 12.7. The van der Waals surface area contributed by atoms with Gasteiger partial charge < -0.3 is 11.1 Å². The maximum absolute atomic E-state index is 12.7. The lowest BCUT2D eigenvalue weighted by Crippen LogP contribution is -2.53. The van der Waals surface area contributed by atoms with Crippen LogP contribution in [0.2, 0.25) is 0 Å². The average molecular weight is 312 g/mol. The largest absolute Gasteiger partial charge is 0.345 e. The molecule has 1 aromatic carbocycles. The molecule has 122 valence electrons. The van der Waals surface area contributed by atoms with Crippen LogP contribution in [-0.2, 0) is 0 Å². The van der Waals surface area contributed by atoms with Crippen LogP contribution in [0.5, 0.6) is 0 Å². The number of nitrogens with zero attached hydrogens (tertiary/aromatic N) is 2. The Balaban J connectivity index is 1.87. The third-order valence-electron chi connectivity index (χ3n) is 4.90. The molecule has 3 rings (SSSR count). The molecule has 1 fully saturated rings. The first-order chi connectivity index (χ1) is 11.0. The number of nitrogens with two attached hydrogens (primary N) is 1. The molecule has 5 nitrogen and oxygen atoms in total. The predicted molar refractivity (Wildman–Crippen MR) is 90.7 cm³/mol. The van der Waals surface area contributed by atoms with E-state index in [4.69, 9.17) is 5.73 Å². The van der Waals surface area contributed by atoms with Gasteiger partial charge in [0.25, 0.3) is 5.91 Å². The van der Waals surface area contributed by atoms with Gasteiger partial charge in [0, 0.05) is 6.54 Å². The summed E-state index contributed by atoms with van der Waals surface area (Å²) in [6, 6.07) is 8.01. The van der Waals surface area contributed by atoms with Gasteiger partial charge in [-0.15, -0.1) is 0 Å². The Morgan fingerprint density at radius 2 is 2.09 bits per heavy atom. The molecule has 1 aromatic heterocycles. The molecule has 0 radical (unpaired) electrons. The predicted octanol–water partition coefficient (Wildman–Crippen LogP) is 2.35. The number of para-hydroxylation sites is 1. The molecule has 0 bridgehead atoms. The van der Waals surface area contributed by atoms with Crippen molar-refractivity contribution in [3.05, 3.63) is 47.3 Å². The topological polar surface area (TPSA) is 72.9 Å². The summed E-state index contributed by atoms with van der Waals surface area (Å²) in [6.07, 6.45) is 3.91. The Bertz CT molecular complexity index is 732. The molecule has 1 aliphatic rings. The Morgan fingerprint density at radius 3 is 2.70 bits per heavy atom. The van der Waals surface area contributed by atoms with Crippen LogP contribution in [0.15, 0.2) is 30.5 Å². The van der Waals surface area contributed by atoms with Gasteiger partial charge in [-0.05, 0) is 51.2 Å². The lowest BCUT2D eigenvalue weighted by Gasteiger charge is -2.29. The second kappa shape index (κ2) is 5.81. The summed E-state index contributed by atoms with van der Waals surface area (Å²) in [5.74, 6) is 0.394. The fourth-order valence-corrected chi connectivity index (χ4v) is 3.04. The maximum atomic E-state index is 12.7. The van der Waals surface area contributed by atoms with Gasteiger partial charge in [-0.2, -0.15) is 5.10 Å². The molecule has 0 aliphatic heterocycles. The molecule has 23 heavy (non-hydrogen) atoms. The van der Waals surface area contributed by atoms with Crippen LogP contribution in [0.4, 0.5) is 0 Å². The van der Waals surface area contributed by atoms with Crippen LogP contribution in [0.25, 0.3) is 5.69 Å². The van der Waals surface area contributed by atoms with Gasteiger partial charge in [0.05, 0.1) is 28.7 Å². The van der Waals surface area contributed by atoms with Gasteiger partial charge in [0.1, 0.15) is 0 Å². The van der Waals surface area contributed by atoms with E-state index in [1.54, 1.807) is 6.20 Å². The fourth-order valence-electron chi connectivity index (χ4n) is 3.04. The average Bonchev–Trinajstić information content (AvgIpc) is 3.32. The van der Waals surface area contributed by atoms with Crippen molar-refractivity contribution in [2.45, 2.75) is 39.2 Å². The lowest BCUT2D eigenvalue weighted by molar-refractivity contribution is 0.0897. The van der Waals surface area contributed by atoms with Gasteiger partial charge in [0.2, 0.25) is 0 Å². The zero-order valence-corrected chi connectivity index (χ0v) is 14.0. The third-order valence-corrected chi connectivity index (χ3v) is 4.90. The Labute approximate surface area is 136 Å². The molecule has 3 N–H and O–H groups in total. The first kappa shape index (κ1) is 15.7. The van der Waals surface area contributed by atoms with Crippen molar-refractivity contribution in [1.82, 2.24) is 15.1 Å². The van der Waals surface area contributed by atoms with Gasteiger partial charge >= 0.3 is 0 Å². The van der Waals surface area contributed by atoms with Crippen molar-refractivity contribution < 1.29 is 4.79 Å². The molecule has 1 saturated carbocycles. The molecular formula is C18H24N4O. The summed E-state index contributed by atoms with van der Waals surface area (Å²) < 4.78 is 1.82. The minimum atomic E-state index is -0.325. The first-order valence-corrected chi connectivity index (χ1v) is 8.09. The Hall–Kier alpha value is -2.14. The van der Waals surface area contributed by atoms with E-state index >= 15 is 0 Å². The summed E-state index contributed by atoms with van der Waals surface area (Å²) in [5.41, 5.74) is 9.13. The van der Waals surface area contributed by atoms with Crippen molar-refractivity contribution >= 4 is 5.91 Å². The van der Waals surface area contributed by atoms with E-state index in [2.05, 4.69) is 10.4 Å². The van der Waals surface area contributed by atoms with Gasteiger partial charge in [-0.3, -0.25) is 4.79 Å². The molecule has 1 heterocycles. The smallest absolute Gasteiger partial charge is 0.255 e. The van der Waals surface area contributed by atoms with E-state index in [1.807, 2.05) is 49.7 Å². The van der Waals surface area contributed by atoms with Crippen molar-refractivity contribution in [3.8, 4) is 5.69 Å². The number of nitrogens with one attached hydrogen (secondary N) is 1. The summed E-state index contributed by atoms with van der Waals surface area (Å²) in [6.45, 7) is 6.44. The number of rotatable bonds is 5. The molecule has 1 atom stereocenters. The number of hydrogen-bond acceptors (Lipinski definition) is 3. The fraction of sp³-hybridized carbons (Fsp3) is 0.444. The molecule has 2 aromatic rings. The number of carbonyl (C=O) groups excluding carboxylic acids is 1. The monoisotopic (exact) mass is 312 g/mol. The van der Waals surface area contributed by atoms with E-state index in [0.29, 0.717) is 18.0 Å². The number of carbonyl (C=O) groups is 1. The number of amides is 1. The van der Waals surface area contributed by atoms with E-state index in [-0.39, 0.29) is 11.4 Å². The van der Waals surface area contributed by atoms with E-state index < -0.39 is 0 Å². The summed E-state index contributed by atoms with van der Waals surface area (Å²) in [5, 5.41) is 7.53. The van der Waals surface area contributed by atoms with Crippen LogP contribution in [-0.4, -0.2) is 27.8 Å². The molecule has 0 spiro atoms.